The second-order valence-electron chi connectivity index (χ2n) is 3.26. The van der Waals surface area contributed by atoms with Crippen LogP contribution in [0.5, 0.6) is 5.75 Å². The van der Waals surface area contributed by atoms with Crippen molar-refractivity contribution in [3.05, 3.63) is 49.3 Å². The molecular formula is C12H12N2O. The van der Waals surface area contributed by atoms with Gasteiger partial charge in [0.15, 0.2) is 0 Å². The van der Waals surface area contributed by atoms with Gasteiger partial charge in [-0.2, -0.15) is 5.10 Å². The number of para-hydroxylation sites is 1. The highest BCUT2D eigenvalue weighted by molar-refractivity contribution is 5.68. The van der Waals surface area contributed by atoms with Crippen molar-refractivity contribution in [2.75, 3.05) is 0 Å². The van der Waals surface area contributed by atoms with Crippen molar-refractivity contribution >= 4 is 0 Å². The zero-order valence-corrected chi connectivity index (χ0v) is 8.30. The van der Waals surface area contributed by atoms with E-state index in [1.807, 2.05) is 18.3 Å². The molecule has 0 amide bonds. The minimum absolute atomic E-state index is 0.274. The average molecular weight is 200 g/mol. The minimum Gasteiger partial charge on any atom is -0.507 e. The summed E-state index contributed by atoms with van der Waals surface area (Å²) in [4.78, 5) is 0. The van der Waals surface area contributed by atoms with E-state index in [2.05, 4.69) is 11.7 Å². The van der Waals surface area contributed by atoms with Gasteiger partial charge in [-0.15, -0.1) is 6.58 Å². The Bertz CT molecular complexity index is 474. The van der Waals surface area contributed by atoms with Gasteiger partial charge in [0.05, 0.1) is 12.7 Å². The summed E-state index contributed by atoms with van der Waals surface area (Å²) in [6.07, 6.45) is 5.40. The Morgan fingerprint density at radius 1 is 1.40 bits per heavy atom. The van der Waals surface area contributed by atoms with Crippen LogP contribution in [0.2, 0.25) is 0 Å². The van der Waals surface area contributed by atoms with E-state index in [0.717, 1.165) is 11.1 Å². The minimum atomic E-state index is 0.274. The summed E-state index contributed by atoms with van der Waals surface area (Å²) in [5.41, 5.74) is 1.71. The molecule has 0 aliphatic carbocycles. The largest absolute Gasteiger partial charge is 0.507 e. The van der Waals surface area contributed by atoms with E-state index in [0.29, 0.717) is 6.54 Å². The summed E-state index contributed by atoms with van der Waals surface area (Å²) in [5, 5.41) is 13.8. The number of phenolic OH excluding ortho intramolecular Hbond substituents is 1. The van der Waals surface area contributed by atoms with Crippen LogP contribution >= 0.6 is 0 Å². The highest BCUT2D eigenvalue weighted by Gasteiger charge is 2.04. The van der Waals surface area contributed by atoms with Crippen molar-refractivity contribution in [1.29, 1.82) is 0 Å². The van der Waals surface area contributed by atoms with Crippen LogP contribution in [-0.4, -0.2) is 14.9 Å². The fraction of sp³-hybridized carbons (Fsp3) is 0.0833. The third-order valence-corrected chi connectivity index (χ3v) is 2.16. The van der Waals surface area contributed by atoms with Gasteiger partial charge >= 0.3 is 0 Å². The molecule has 0 bridgehead atoms. The number of nitrogens with zero attached hydrogens (tertiary/aromatic N) is 2. The van der Waals surface area contributed by atoms with Gasteiger partial charge in [0.1, 0.15) is 5.75 Å². The number of rotatable bonds is 3. The number of aromatic nitrogens is 2. The number of aromatic hydroxyl groups is 1. The van der Waals surface area contributed by atoms with Gasteiger partial charge in [0.25, 0.3) is 0 Å². The fourth-order valence-electron chi connectivity index (χ4n) is 1.45. The fourth-order valence-corrected chi connectivity index (χ4v) is 1.45. The van der Waals surface area contributed by atoms with E-state index >= 15 is 0 Å². The number of benzene rings is 1. The van der Waals surface area contributed by atoms with Crippen LogP contribution in [0.4, 0.5) is 0 Å². The van der Waals surface area contributed by atoms with Crippen LogP contribution in [0.3, 0.4) is 0 Å². The topological polar surface area (TPSA) is 38.0 Å². The van der Waals surface area contributed by atoms with Crippen LogP contribution in [-0.2, 0) is 6.54 Å². The number of hydrogen-bond acceptors (Lipinski definition) is 2. The Morgan fingerprint density at radius 3 is 2.93 bits per heavy atom. The van der Waals surface area contributed by atoms with Crippen LogP contribution in [0.1, 0.15) is 0 Å². The van der Waals surface area contributed by atoms with Crippen LogP contribution in [0.25, 0.3) is 11.1 Å². The van der Waals surface area contributed by atoms with E-state index in [4.69, 9.17) is 0 Å². The molecule has 1 N–H and O–H groups in total. The molecule has 15 heavy (non-hydrogen) atoms. The molecule has 3 nitrogen and oxygen atoms in total. The zero-order valence-electron chi connectivity index (χ0n) is 8.30. The maximum Gasteiger partial charge on any atom is 0.123 e. The third-order valence-electron chi connectivity index (χ3n) is 2.16. The van der Waals surface area contributed by atoms with Gasteiger partial charge in [-0.1, -0.05) is 24.3 Å². The molecule has 76 valence electrons. The molecule has 1 aromatic heterocycles. The molecule has 0 saturated carbocycles. The van der Waals surface area contributed by atoms with Gasteiger partial charge in [-0.25, -0.2) is 0 Å². The predicted molar refractivity (Wildman–Crippen MR) is 59.5 cm³/mol. The normalized spacial score (nSPS) is 10.1. The van der Waals surface area contributed by atoms with Crippen LogP contribution in [0.15, 0.2) is 49.3 Å². The quantitative estimate of drug-likeness (QED) is 0.773. The summed E-state index contributed by atoms with van der Waals surface area (Å²) in [6.45, 7) is 4.32. The Kier molecular flexibility index (Phi) is 2.54. The highest BCUT2D eigenvalue weighted by Crippen LogP contribution is 2.27. The van der Waals surface area contributed by atoms with Crippen molar-refractivity contribution in [2.24, 2.45) is 0 Å². The van der Waals surface area contributed by atoms with Gasteiger partial charge in [-0.05, 0) is 6.07 Å². The van der Waals surface area contributed by atoms with E-state index < -0.39 is 0 Å². The van der Waals surface area contributed by atoms with Crippen molar-refractivity contribution in [3.8, 4) is 16.9 Å². The maximum absolute atomic E-state index is 9.65. The molecule has 0 aliphatic heterocycles. The highest BCUT2D eigenvalue weighted by atomic mass is 16.3. The predicted octanol–water partition coefficient (Wildman–Crippen LogP) is 2.44. The first-order valence-corrected chi connectivity index (χ1v) is 4.73. The van der Waals surface area contributed by atoms with E-state index in [-0.39, 0.29) is 5.75 Å². The van der Waals surface area contributed by atoms with Gasteiger partial charge in [0.2, 0.25) is 0 Å². The Morgan fingerprint density at radius 2 is 2.20 bits per heavy atom. The summed E-state index contributed by atoms with van der Waals surface area (Å²) < 4.78 is 1.77. The van der Waals surface area contributed by atoms with Crippen molar-refractivity contribution in [1.82, 2.24) is 9.78 Å². The molecule has 0 aliphatic rings. The van der Waals surface area contributed by atoms with E-state index in [1.54, 1.807) is 29.1 Å². The standard InChI is InChI=1S/C12H12N2O/c1-2-7-14-9-10(8-13-14)11-5-3-4-6-12(11)15/h2-6,8-9,15H,1,7H2. The van der Waals surface area contributed by atoms with E-state index in [1.165, 1.54) is 0 Å². The first kappa shape index (κ1) is 9.52. The zero-order chi connectivity index (χ0) is 10.7. The molecule has 0 saturated heterocycles. The molecule has 2 aromatic rings. The lowest BCUT2D eigenvalue weighted by Gasteiger charge is -1.99. The lowest BCUT2D eigenvalue weighted by molar-refractivity contribution is 0.477. The molecule has 1 aromatic carbocycles. The summed E-state index contributed by atoms with van der Waals surface area (Å²) in [5.74, 6) is 0.274. The Labute approximate surface area is 88.3 Å². The molecule has 3 heteroatoms. The summed E-state index contributed by atoms with van der Waals surface area (Å²) in [7, 11) is 0. The second-order valence-corrected chi connectivity index (χ2v) is 3.26. The maximum atomic E-state index is 9.65. The van der Waals surface area contributed by atoms with Gasteiger partial charge in [-0.3, -0.25) is 4.68 Å². The second kappa shape index (κ2) is 4.00. The van der Waals surface area contributed by atoms with Crippen molar-refractivity contribution < 1.29 is 5.11 Å². The smallest absolute Gasteiger partial charge is 0.123 e. The van der Waals surface area contributed by atoms with Gasteiger partial charge in [0, 0.05) is 17.3 Å². The molecule has 0 spiro atoms. The third kappa shape index (κ3) is 1.91. The van der Waals surface area contributed by atoms with Crippen molar-refractivity contribution in [2.45, 2.75) is 6.54 Å². The molecule has 0 fully saturated rings. The lowest BCUT2D eigenvalue weighted by atomic mass is 10.1. The van der Waals surface area contributed by atoms with Gasteiger partial charge < -0.3 is 5.11 Å². The average Bonchev–Trinajstić information content (AvgIpc) is 2.68. The number of allylic oxidation sites excluding steroid dienone is 1. The molecule has 2 rings (SSSR count). The van der Waals surface area contributed by atoms with E-state index in [9.17, 15) is 5.11 Å². The number of phenols is 1. The Balaban J connectivity index is 2.37. The molecule has 0 unspecified atom stereocenters. The first-order valence-electron chi connectivity index (χ1n) is 4.73. The lowest BCUT2D eigenvalue weighted by Crippen LogP contribution is -1.93. The molecule has 0 radical (unpaired) electrons. The first-order chi connectivity index (χ1) is 7.31. The molecule has 1 heterocycles. The SMILES string of the molecule is C=CCn1cc(-c2ccccc2O)cn1. The summed E-state index contributed by atoms with van der Waals surface area (Å²) >= 11 is 0. The summed E-state index contributed by atoms with van der Waals surface area (Å²) in [6, 6.07) is 7.22. The monoisotopic (exact) mass is 200 g/mol. The molecular weight excluding hydrogens is 188 g/mol. The van der Waals surface area contributed by atoms with Crippen LogP contribution in [0, 0.1) is 0 Å². The Hall–Kier alpha value is -2.03. The number of hydrogen-bond donors (Lipinski definition) is 1. The van der Waals surface area contributed by atoms with Crippen molar-refractivity contribution in [3.63, 3.8) is 0 Å². The molecule has 0 atom stereocenters. The van der Waals surface area contributed by atoms with Crippen LogP contribution < -0.4 is 0 Å².